The third kappa shape index (κ3) is 8.44. The van der Waals surface area contributed by atoms with Crippen LogP contribution in [-0.2, 0) is 11.2 Å². The lowest BCUT2D eigenvalue weighted by Crippen LogP contribution is -2.52. The first kappa shape index (κ1) is 32.8. The van der Waals surface area contributed by atoms with Gasteiger partial charge in [-0.05, 0) is 63.9 Å². The van der Waals surface area contributed by atoms with Crippen molar-refractivity contribution in [3.05, 3.63) is 88.6 Å². The van der Waals surface area contributed by atoms with Crippen molar-refractivity contribution in [2.24, 2.45) is 0 Å². The number of halogens is 4. The Bertz CT molecular complexity index is 1360. The summed E-state index contributed by atoms with van der Waals surface area (Å²) in [4.78, 5) is 28.8. The fourth-order valence-electron chi connectivity index (χ4n) is 4.38. The molecule has 4 rings (SSSR count). The molecule has 1 saturated heterocycles. The molecule has 0 saturated carbocycles. The highest BCUT2D eigenvalue weighted by Gasteiger charge is 2.51. The quantitative estimate of drug-likeness (QED) is 0.290. The molecule has 7 nitrogen and oxygen atoms in total. The van der Waals surface area contributed by atoms with Crippen LogP contribution >= 0.6 is 11.6 Å². The number of hydrogen-bond acceptors (Lipinski definition) is 6. The minimum Gasteiger partial charge on any atom is -0.434 e. The fraction of sp³-hybridized carbons (Fsp3) is 0.419. The zero-order chi connectivity index (χ0) is 30.9. The molecule has 3 aromatic rings. The zero-order valence-electron chi connectivity index (χ0n) is 24.6. The second-order valence-corrected chi connectivity index (χ2v) is 10.7. The van der Waals surface area contributed by atoms with Crippen molar-refractivity contribution in [2.75, 3.05) is 31.1 Å². The number of aromatic nitrogens is 3. The number of amides is 1. The number of carbonyl (C=O) groups is 1. The van der Waals surface area contributed by atoms with Gasteiger partial charge in [-0.25, -0.2) is 14.8 Å². The van der Waals surface area contributed by atoms with Crippen LogP contribution in [0.3, 0.4) is 0 Å². The molecule has 0 spiro atoms. The summed E-state index contributed by atoms with van der Waals surface area (Å²) in [5.41, 5.74) is 2.06. The van der Waals surface area contributed by atoms with Gasteiger partial charge >= 0.3 is 12.3 Å². The molecule has 0 bridgehead atoms. The van der Waals surface area contributed by atoms with Gasteiger partial charge in [0.05, 0.1) is 11.4 Å². The number of carbonyl (C=O) groups excluding carboxylic acids is 1. The summed E-state index contributed by atoms with van der Waals surface area (Å²) in [6.45, 7) is 8.86. The fourth-order valence-corrected chi connectivity index (χ4v) is 4.59. The molecule has 1 aromatic carbocycles. The first-order chi connectivity index (χ1) is 19.9. The van der Waals surface area contributed by atoms with Gasteiger partial charge < -0.3 is 14.5 Å². The summed E-state index contributed by atoms with van der Waals surface area (Å²) in [7, 11) is 0. The number of pyridine rings is 1. The van der Waals surface area contributed by atoms with Crippen molar-refractivity contribution in [1.29, 1.82) is 0 Å². The third-order valence-electron chi connectivity index (χ3n) is 6.81. The van der Waals surface area contributed by atoms with E-state index in [2.05, 4.69) is 27.9 Å². The van der Waals surface area contributed by atoms with E-state index in [0.29, 0.717) is 18.9 Å². The first-order valence-electron chi connectivity index (χ1n) is 13.8. The maximum Gasteiger partial charge on any atom is 0.427 e. The van der Waals surface area contributed by atoms with Gasteiger partial charge in [0.15, 0.2) is 0 Å². The van der Waals surface area contributed by atoms with E-state index in [1.165, 1.54) is 23.2 Å². The van der Waals surface area contributed by atoms with Crippen LogP contribution in [0.2, 0.25) is 5.02 Å². The van der Waals surface area contributed by atoms with Gasteiger partial charge in [0, 0.05) is 48.5 Å². The number of benzene rings is 1. The van der Waals surface area contributed by atoms with Gasteiger partial charge in [-0.1, -0.05) is 49.2 Å². The van der Waals surface area contributed by atoms with Crippen LogP contribution in [-0.4, -0.2) is 63.9 Å². The van der Waals surface area contributed by atoms with Crippen molar-refractivity contribution in [2.45, 2.75) is 59.2 Å². The Morgan fingerprint density at radius 3 is 2.33 bits per heavy atom. The molecule has 0 atom stereocenters. The summed E-state index contributed by atoms with van der Waals surface area (Å²) in [6.07, 6.45) is 1.82. The standard InChI is InChI=1S/C22H26F3N5O2.C9H11Cl/c1-5-16(17-8-6-7-9-26-17)18-15(2)27-14-28-19(18)29-10-12-30(13-11-29)20(31)32-21(3,4)22(23,24)25;1-2-4-8-5-3-6-9(10)7-8/h5-9,14H,10-13H2,1-4H3;3,5-7H,2,4H2,1H3/b16-5-;. The van der Waals surface area contributed by atoms with E-state index >= 15 is 0 Å². The Kier molecular flexibility index (Phi) is 11.3. The summed E-state index contributed by atoms with van der Waals surface area (Å²) in [5, 5.41) is 0.839. The molecule has 2 aromatic heterocycles. The third-order valence-corrected chi connectivity index (χ3v) is 7.04. The number of alkyl halides is 3. The molecular formula is C31H37ClF3N5O2. The molecule has 226 valence electrons. The Morgan fingerprint density at radius 1 is 1.05 bits per heavy atom. The number of aryl methyl sites for hydroxylation is 2. The molecule has 0 N–H and O–H groups in total. The highest BCUT2D eigenvalue weighted by Crippen LogP contribution is 2.34. The lowest BCUT2D eigenvalue weighted by atomic mass is 10.00. The van der Waals surface area contributed by atoms with Gasteiger partial charge in [-0.15, -0.1) is 0 Å². The normalized spacial score (nSPS) is 14.3. The maximum absolute atomic E-state index is 13.0. The molecule has 11 heteroatoms. The van der Waals surface area contributed by atoms with Crippen molar-refractivity contribution in [3.63, 3.8) is 0 Å². The van der Waals surface area contributed by atoms with E-state index in [4.69, 9.17) is 16.3 Å². The summed E-state index contributed by atoms with van der Waals surface area (Å²) in [5.74, 6) is 0.694. The zero-order valence-corrected chi connectivity index (χ0v) is 25.3. The molecule has 1 aliphatic rings. The number of ether oxygens (including phenoxy) is 1. The molecule has 0 unspecified atom stereocenters. The van der Waals surface area contributed by atoms with E-state index in [-0.39, 0.29) is 13.1 Å². The number of anilines is 1. The molecular weight excluding hydrogens is 567 g/mol. The van der Waals surface area contributed by atoms with Crippen LogP contribution in [0.15, 0.2) is 61.1 Å². The van der Waals surface area contributed by atoms with Crippen LogP contribution in [0.1, 0.15) is 56.6 Å². The second-order valence-electron chi connectivity index (χ2n) is 10.3. The number of allylic oxidation sites excluding steroid dienone is 1. The van der Waals surface area contributed by atoms with Crippen LogP contribution in [0.4, 0.5) is 23.8 Å². The van der Waals surface area contributed by atoms with Crippen LogP contribution in [0, 0.1) is 6.92 Å². The van der Waals surface area contributed by atoms with Gasteiger partial charge in [0.25, 0.3) is 0 Å². The predicted molar refractivity (Wildman–Crippen MR) is 160 cm³/mol. The van der Waals surface area contributed by atoms with Crippen molar-refractivity contribution >= 4 is 29.1 Å². The highest BCUT2D eigenvalue weighted by atomic mass is 35.5. The Labute approximate surface area is 250 Å². The number of piperazine rings is 1. The monoisotopic (exact) mass is 603 g/mol. The van der Waals surface area contributed by atoms with Crippen molar-refractivity contribution < 1.29 is 22.7 Å². The van der Waals surface area contributed by atoms with Crippen LogP contribution in [0.5, 0.6) is 0 Å². The Balaban J connectivity index is 0.000000408. The van der Waals surface area contributed by atoms with E-state index in [9.17, 15) is 18.0 Å². The van der Waals surface area contributed by atoms with Crippen molar-refractivity contribution in [1.82, 2.24) is 19.9 Å². The van der Waals surface area contributed by atoms with E-state index in [1.807, 2.05) is 61.2 Å². The van der Waals surface area contributed by atoms with Gasteiger partial charge in [0.1, 0.15) is 12.1 Å². The summed E-state index contributed by atoms with van der Waals surface area (Å²) >= 11 is 5.78. The van der Waals surface area contributed by atoms with Crippen LogP contribution in [0.25, 0.3) is 5.57 Å². The smallest absolute Gasteiger partial charge is 0.427 e. The largest absolute Gasteiger partial charge is 0.434 e. The Morgan fingerprint density at radius 2 is 1.76 bits per heavy atom. The molecule has 1 amide bonds. The average Bonchev–Trinajstić information content (AvgIpc) is 2.95. The van der Waals surface area contributed by atoms with E-state index < -0.39 is 17.9 Å². The van der Waals surface area contributed by atoms with Gasteiger partial charge in [-0.3, -0.25) is 4.98 Å². The van der Waals surface area contributed by atoms with E-state index in [0.717, 1.165) is 47.8 Å². The van der Waals surface area contributed by atoms with Crippen LogP contribution < -0.4 is 4.90 Å². The summed E-state index contributed by atoms with van der Waals surface area (Å²) in [6, 6.07) is 13.7. The molecule has 42 heavy (non-hydrogen) atoms. The van der Waals surface area contributed by atoms with Gasteiger partial charge in [0.2, 0.25) is 5.60 Å². The van der Waals surface area contributed by atoms with E-state index in [1.54, 1.807) is 6.20 Å². The predicted octanol–water partition coefficient (Wildman–Crippen LogP) is 7.52. The molecule has 0 aliphatic carbocycles. The topological polar surface area (TPSA) is 71.5 Å². The lowest BCUT2D eigenvalue weighted by molar-refractivity contribution is -0.246. The summed E-state index contributed by atoms with van der Waals surface area (Å²) < 4.78 is 43.9. The SMILES string of the molecule is C/C=C(/c1ccccn1)c1c(C)ncnc1N1CCN(C(=O)OC(C)(C)C(F)(F)F)CC1.CCCc1cccc(Cl)c1. The molecule has 1 aliphatic heterocycles. The van der Waals surface area contributed by atoms with Crippen molar-refractivity contribution in [3.8, 4) is 0 Å². The number of hydrogen-bond donors (Lipinski definition) is 0. The molecule has 1 fully saturated rings. The Hall–Kier alpha value is -3.66. The minimum atomic E-state index is -4.65. The number of rotatable bonds is 6. The maximum atomic E-state index is 13.0. The average molecular weight is 604 g/mol. The molecule has 3 heterocycles. The lowest BCUT2D eigenvalue weighted by Gasteiger charge is -2.37. The minimum absolute atomic E-state index is 0.212. The molecule has 0 radical (unpaired) electrons. The number of nitrogens with zero attached hydrogens (tertiary/aromatic N) is 5. The first-order valence-corrected chi connectivity index (χ1v) is 14.2. The van der Waals surface area contributed by atoms with Gasteiger partial charge in [-0.2, -0.15) is 13.2 Å². The second kappa shape index (κ2) is 14.5. The highest BCUT2D eigenvalue weighted by molar-refractivity contribution is 6.30.